The Hall–Kier alpha value is -1.21. The van der Waals surface area contributed by atoms with E-state index in [4.69, 9.17) is 8.47 Å². The van der Waals surface area contributed by atoms with Crippen molar-refractivity contribution in [2.75, 3.05) is 0 Å². The molecule has 9 atom stereocenters. The zero-order valence-electron chi connectivity index (χ0n) is 17.1. The van der Waals surface area contributed by atoms with Gasteiger partial charge in [-0.3, -0.25) is 8.47 Å². The second kappa shape index (κ2) is 6.39. The van der Waals surface area contributed by atoms with Crippen LogP contribution in [0.2, 0.25) is 0 Å². The summed E-state index contributed by atoms with van der Waals surface area (Å²) in [5.41, 5.74) is 1.69. The molecule has 2 N–H and O–H groups in total. The second-order valence-corrected chi connectivity index (χ2v) is 11.0. The van der Waals surface area contributed by atoms with E-state index < -0.39 is 11.4 Å². The lowest BCUT2D eigenvalue weighted by atomic mass is 9.63. The average Bonchev–Trinajstić information content (AvgIpc) is 3.47. The van der Waals surface area contributed by atoms with Crippen molar-refractivity contribution in [1.82, 2.24) is 4.73 Å². The summed E-state index contributed by atoms with van der Waals surface area (Å²) in [6.07, 6.45) is 7.32. The largest absolute Gasteiger partial charge is 0.492 e. The highest BCUT2D eigenvalue weighted by atomic mass is 32.2. The van der Waals surface area contributed by atoms with Crippen molar-refractivity contribution >= 4 is 11.4 Å². The zero-order chi connectivity index (χ0) is 20.0. The summed E-state index contributed by atoms with van der Waals surface area (Å²) in [6.45, 7) is 4.77. The van der Waals surface area contributed by atoms with Crippen LogP contribution in [0.25, 0.3) is 0 Å². The first-order chi connectivity index (χ1) is 14.0. The molecule has 0 spiro atoms. The van der Waals surface area contributed by atoms with Crippen LogP contribution >= 0.6 is 0 Å². The summed E-state index contributed by atoms with van der Waals surface area (Å²) in [5, 5.41) is 21.8. The number of hydrogen-bond acceptors (Lipinski definition) is 5. The predicted molar refractivity (Wildman–Crippen MR) is 107 cm³/mol. The predicted octanol–water partition coefficient (Wildman–Crippen LogP) is 3.99. The highest BCUT2D eigenvalue weighted by Gasteiger charge is 2.67. The minimum absolute atomic E-state index is 0.0764. The average molecular weight is 422 g/mol. The molecule has 0 saturated heterocycles. The minimum Gasteiger partial charge on any atom is -0.492 e. The molecule has 29 heavy (non-hydrogen) atoms. The molecular weight excluding hydrogens is 390 g/mol. The zero-order valence-corrected chi connectivity index (χ0v) is 17.9. The number of hydrogen-bond donors (Lipinski definition) is 2. The quantitative estimate of drug-likeness (QED) is 0.719. The van der Waals surface area contributed by atoms with Crippen molar-refractivity contribution < 1.29 is 22.9 Å². The first kappa shape index (κ1) is 18.6. The lowest BCUT2D eigenvalue weighted by Crippen LogP contribution is -2.35. The van der Waals surface area contributed by atoms with E-state index in [0.29, 0.717) is 11.8 Å². The topological polar surface area (TPSA) is 80.9 Å². The molecule has 5 aliphatic carbocycles. The Morgan fingerprint density at radius 2 is 1.45 bits per heavy atom. The molecule has 0 aliphatic heterocycles. The number of fused-ring (bicyclic) bond motifs is 12. The van der Waals surface area contributed by atoms with Gasteiger partial charge in [-0.1, -0.05) is 37.8 Å². The third kappa shape index (κ3) is 2.40. The van der Waals surface area contributed by atoms with Gasteiger partial charge >= 0.3 is 11.4 Å². The summed E-state index contributed by atoms with van der Waals surface area (Å²) in [4.78, 5) is 0. The number of aromatic hydroxyl groups is 2. The van der Waals surface area contributed by atoms with Gasteiger partial charge in [-0.25, -0.2) is 0 Å². The van der Waals surface area contributed by atoms with Crippen LogP contribution in [0.4, 0.5) is 0 Å². The number of rotatable bonds is 4. The third-order valence-corrected chi connectivity index (χ3v) is 10.1. The van der Waals surface area contributed by atoms with Crippen molar-refractivity contribution in [3.05, 3.63) is 11.1 Å². The highest BCUT2D eigenvalue weighted by Crippen LogP contribution is 2.75. The Kier molecular flexibility index (Phi) is 4.09. The Balaban J connectivity index is 1.27. The van der Waals surface area contributed by atoms with Crippen molar-refractivity contribution in [2.24, 2.45) is 35.5 Å². The number of aromatic nitrogens is 1. The van der Waals surface area contributed by atoms with Crippen LogP contribution in [0.3, 0.4) is 0 Å². The first-order valence-corrected chi connectivity index (χ1v) is 12.4. The Morgan fingerprint density at radius 1 is 0.897 bits per heavy atom. The third-order valence-electron chi connectivity index (χ3n) is 9.40. The van der Waals surface area contributed by atoms with Gasteiger partial charge < -0.3 is 10.2 Å². The van der Waals surface area contributed by atoms with Crippen LogP contribution in [-0.4, -0.2) is 25.3 Å². The summed E-state index contributed by atoms with van der Waals surface area (Å²) < 4.78 is 24.3. The molecule has 4 saturated carbocycles. The lowest BCUT2D eigenvalue weighted by molar-refractivity contribution is 0.115. The van der Waals surface area contributed by atoms with E-state index in [9.17, 15) is 14.4 Å². The maximum Gasteiger partial charge on any atom is 0.380 e. The van der Waals surface area contributed by atoms with E-state index in [1.807, 2.05) is 0 Å². The van der Waals surface area contributed by atoms with Crippen molar-refractivity contribution in [1.29, 1.82) is 0 Å². The molecule has 1 heterocycles. The fraction of sp³-hybridized carbons (Fsp3) is 0.818. The molecule has 1 aromatic heterocycles. The molecular formula is C22H31NO5S. The van der Waals surface area contributed by atoms with Gasteiger partial charge in [0.2, 0.25) is 11.8 Å². The molecule has 5 aliphatic rings. The standard InChI is InChI=1S/C22H31NO5S/c1-10-11(2)14-8-13(10)17-15-9-16(18(14)17)20-19(15)21(24)23(22(20)25)28-29(26)27-12-6-4-3-5-7-12/h10-18,24-25H,3-9H2,1-2H3. The summed E-state index contributed by atoms with van der Waals surface area (Å²) in [7, 11) is 0. The van der Waals surface area contributed by atoms with E-state index in [-0.39, 0.29) is 29.7 Å². The van der Waals surface area contributed by atoms with Crippen LogP contribution in [0.5, 0.6) is 11.8 Å². The van der Waals surface area contributed by atoms with Gasteiger partial charge in [-0.15, -0.1) is 0 Å². The molecule has 7 heteroatoms. The minimum atomic E-state index is -2.04. The van der Waals surface area contributed by atoms with Crippen LogP contribution in [0.1, 0.15) is 81.8 Å². The highest BCUT2D eigenvalue weighted by molar-refractivity contribution is 7.75. The maximum atomic E-state index is 12.4. The van der Waals surface area contributed by atoms with E-state index in [1.165, 1.54) is 12.8 Å². The molecule has 0 aromatic carbocycles. The maximum absolute atomic E-state index is 12.4. The Bertz CT molecular complexity index is 812. The number of nitrogens with zero attached hydrogens (tertiary/aromatic N) is 1. The fourth-order valence-corrected chi connectivity index (χ4v) is 8.88. The van der Waals surface area contributed by atoms with Crippen molar-refractivity contribution in [2.45, 2.75) is 76.7 Å². The smallest absolute Gasteiger partial charge is 0.380 e. The molecule has 4 fully saturated rings. The summed E-state index contributed by atoms with van der Waals surface area (Å²) >= 11 is -2.04. The van der Waals surface area contributed by atoms with Crippen LogP contribution in [-0.2, 0) is 15.5 Å². The van der Waals surface area contributed by atoms with Crippen LogP contribution in [0.15, 0.2) is 0 Å². The van der Waals surface area contributed by atoms with Gasteiger partial charge in [0.1, 0.15) is 0 Å². The molecule has 4 bridgehead atoms. The van der Waals surface area contributed by atoms with E-state index in [2.05, 4.69) is 13.8 Å². The molecule has 6 nitrogen and oxygen atoms in total. The Labute approximate surface area is 174 Å². The fourth-order valence-electron chi connectivity index (χ4n) is 8.16. The molecule has 0 radical (unpaired) electrons. The van der Waals surface area contributed by atoms with Crippen molar-refractivity contribution in [3.8, 4) is 11.8 Å². The summed E-state index contributed by atoms with van der Waals surface area (Å²) in [6, 6.07) is 0. The van der Waals surface area contributed by atoms with Crippen LogP contribution in [0, 0.1) is 35.5 Å². The Morgan fingerprint density at radius 3 is 2.00 bits per heavy atom. The van der Waals surface area contributed by atoms with E-state index >= 15 is 0 Å². The lowest BCUT2D eigenvalue weighted by Gasteiger charge is -2.40. The monoisotopic (exact) mass is 421 g/mol. The normalized spacial score (nSPS) is 43.5. The van der Waals surface area contributed by atoms with Gasteiger partial charge in [0.05, 0.1) is 6.10 Å². The molecule has 6 rings (SSSR count). The SMILES string of the molecule is CC1C(C)C2CC1C1C3CC(c4c3c(O)n(OS(=O)OC3CCCCC3)c4O)C21. The molecule has 9 unspecified atom stereocenters. The molecule has 1 aromatic rings. The summed E-state index contributed by atoms with van der Waals surface area (Å²) in [5.74, 6) is 4.53. The van der Waals surface area contributed by atoms with E-state index in [0.717, 1.165) is 71.6 Å². The molecule has 160 valence electrons. The van der Waals surface area contributed by atoms with Gasteiger partial charge in [-0.05, 0) is 73.0 Å². The van der Waals surface area contributed by atoms with Gasteiger partial charge in [0, 0.05) is 11.1 Å². The van der Waals surface area contributed by atoms with E-state index in [1.54, 1.807) is 0 Å². The van der Waals surface area contributed by atoms with Gasteiger partial charge in [0.15, 0.2) is 0 Å². The first-order valence-electron chi connectivity index (χ1n) is 11.4. The van der Waals surface area contributed by atoms with Crippen LogP contribution < -0.4 is 4.28 Å². The van der Waals surface area contributed by atoms with Crippen molar-refractivity contribution in [3.63, 3.8) is 0 Å². The molecule has 0 amide bonds. The van der Waals surface area contributed by atoms with Gasteiger partial charge in [-0.2, -0.15) is 4.21 Å². The van der Waals surface area contributed by atoms with Gasteiger partial charge in [0.25, 0.3) is 0 Å². The second-order valence-electron chi connectivity index (χ2n) is 10.3.